The first-order valence-corrected chi connectivity index (χ1v) is 6.89. The van der Waals surface area contributed by atoms with Gasteiger partial charge in [-0.15, -0.1) is 0 Å². The molecule has 1 heterocycles. The topological polar surface area (TPSA) is 74.2 Å². The third-order valence-corrected chi connectivity index (χ3v) is 2.98. The van der Waals surface area contributed by atoms with E-state index in [4.69, 9.17) is 15.0 Å². The first-order valence-electron chi connectivity index (χ1n) is 6.89. The fraction of sp³-hybridized carbons (Fsp3) is 0.467. The number of rotatable bonds is 7. The van der Waals surface area contributed by atoms with E-state index in [-0.39, 0.29) is 5.92 Å². The van der Waals surface area contributed by atoms with Crippen LogP contribution in [0.25, 0.3) is 0 Å². The van der Waals surface area contributed by atoms with Gasteiger partial charge in [-0.3, -0.25) is 0 Å². The van der Waals surface area contributed by atoms with E-state index >= 15 is 0 Å². The molecule has 0 aliphatic heterocycles. The molecule has 0 spiro atoms. The highest BCUT2D eigenvalue weighted by Gasteiger charge is 2.19. The van der Waals surface area contributed by atoms with E-state index in [0.717, 1.165) is 12.2 Å². The highest BCUT2D eigenvalue weighted by Crippen LogP contribution is 2.21. The molecule has 0 saturated heterocycles. The van der Waals surface area contributed by atoms with E-state index < -0.39 is 0 Å². The molecule has 5 heteroatoms. The SMILES string of the molecule is CC(C)CC(CN)c1nc(COc2ccccc2)no1. The summed E-state index contributed by atoms with van der Waals surface area (Å²) in [5.41, 5.74) is 5.77. The number of nitrogens with zero attached hydrogens (tertiary/aromatic N) is 2. The van der Waals surface area contributed by atoms with Gasteiger partial charge in [0.25, 0.3) is 0 Å². The van der Waals surface area contributed by atoms with Gasteiger partial charge in [-0.05, 0) is 24.5 Å². The molecule has 0 saturated carbocycles. The van der Waals surface area contributed by atoms with Crippen molar-refractivity contribution in [3.8, 4) is 5.75 Å². The summed E-state index contributed by atoms with van der Waals surface area (Å²) >= 11 is 0. The van der Waals surface area contributed by atoms with E-state index in [1.165, 1.54) is 0 Å². The first-order chi connectivity index (χ1) is 9.69. The van der Waals surface area contributed by atoms with Crippen LogP contribution in [0.5, 0.6) is 5.75 Å². The Labute approximate surface area is 119 Å². The summed E-state index contributed by atoms with van der Waals surface area (Å²) in [6, 6.07) is 9.57. The van der Waals surface area contributed by atoms with Crippen molar-refractivity contribution in [1.82, 2.24) is 10.1 Å². The van der Waals surface area contributed by atoms with Crippen molar-refractivity contribution < 1.29 is 9.26 Å². The van der Waals surface area contributed by atoms with Crippen LogP contribution in [0.1, 0.15) is 37.9 Å². The minimum Gasteiger partial charge on any atom is -0.485 e. The normalized spacial score (nSPS) is 12.6. The van der Waals surface area contributed by atoms with Crippen molar-refractivity contribution in [1.29, 1.82) is 0 Å². The maximum Gasteiger partial charge on any atom is 0.231 e. The predicted octanol–water partition coefficient (Wildman–Crippen LogP) is 2.74. The number of benzene rings is 1. The Kier molecular flexibility index (Phi) is 5.12. The average molecular weight is 275 g/mol. The number of ether oxygens (including phenoxy) is 1. The van der Waals surface area contributed by atoms with E-state index in [0.29, 0.717) is 30.8 Å². The molecule has 1 aromatic heterocycles. The third-order valence-electron chi connectivity index (χ3n) is 2.98. The summed E-state index contributed by atoms with van der Waals surface area (Å²) in [7, 11) is 0. The summed E-state index contributed by atoms with van der Waals surface area (Å²) in [6.45, 7) is 5.11. The molecule has 0 radical (unpaired) electrons. The molecular weight excluding hydrogens is 254 g/mol. The number of para-hydroxylation sites is 1. The predicted molar refractivity (Wildman–Crippen MR) is 76.3 cm³/mol. The van der Waals surface area contributed by atoms with Crippen LogP contribution in [0.15, 0.2) is 34.9 Å². The summed E-state index contributed by atoms with van der Waals surface area (Å²) in [4.78, 5) is 4.37. The summed E-state index contributed by atoms with van der Waals surface area (Å²) < 4.78 is 10.9. The first kappa shape index (κ1) is 14.5. The van der Waals surface area contributed by atoms with Gasteiger partial charge in [-0.2, -0.15) is 4.98 Å². The van der Waals surface area contributed by atoms with Gasteiger partial charge in [0.2, 0.25) is 11.7 Å². The second kappa shape index (κ2) is 7.05. The average Bonchev–Trinajstić information content (AvgIpc) is 2.92. The summed E-state index contributed by atoms with van der Waals surface area (Å²) in [5, 5.41) is 3.94. The molecular formula is C15H21N3O2. The largest absolute Gasteiger partial charge is 0.485 e. The Hall–Kier alpha value is -1.88. The van der Waals surface area contributed by atoms with Crippen LogP contribution in [-0.2, 0) is 6.61 Å². The Morgan fingerprint density at radius 2 is 2.00 bits per heavy atom. The van der Waals surface area contributed by atoms with Crippen LogP contribution in [0.4, 0.5) is 0 Å². The minimum atomic E-state index is 0.118. The maximum atomic E-state index is 5.77. The smallest absolute Gasteiger partial charge is 0.231 e. The molecule has 0 bridgehead atoms. The van der Waals surface area contributed by atoms with Gasteiger partial charge in [0.15, 0.2) is 6.61 Å². The monoisotopic (exact) mass is 275 g/mol. The Balaban J connectivity index is 1.94. The molecule has 2 rings (SSSR count). The standard InChI is InChI=1S/C15H21N3O2/c1-11(2)8-12(9-16)15-17-14(18-20-15)10-19-13-6-4-3-5-7-13/h3-7,11-12H,8-10,16H2,1-2H3. The fourth-order valence-corrected chi connectivity index (χ4v) is 2.02. The lowest BCUT2D eigenvalue weighted by molar-refractivity contribution is 0.282. The molecule has 0 fully saturated rings. The van der Waals surface area contributed by atoms with Crippen LogP contribution in [0.3, 0.4) is 0 Å². The zero-order valence-electron chi connectivity index (χ0n) is 12.0. The molecule has 5 nitrogen and oxygen atoms in total. The minimum absolute atomic E-state index is 0.118. The molecule has 2 aromatic rings. The highest BCUT2D eigenvalue weighted by molar-refractivity contribution is 5.20. The van der Waals surface area contributed by atoms with Crippen molar-refractivity contribution in [2.75, 3.05) is 6.54 Å². The number of nitrogens with two attached hydrogens (primary N) is 1. The van der Waals surface area contributed by atoms with E-state index in [9.17, 15) is 0 Å². The van der Waals surface area contributed by atoms with Gasteiger partial charge in [-0.25, -0.2) is 0 Å². The molecule has 1 aromatic carbocycles. The lowest BCUT2D eigenvalue weighted by Crippen LogP contribution is -2.15. The number of aromatic nitrogens is 2. The molecule has 20 heavy (non-hydrogen) atoms. The van der Waals surface area contributed by atoms with Crippen molar-refractivity contribution >= 4 is 0 Å². The van der Waals surface area contributed by atoms with Crippen molar-refractivity contribution in [2.24, 2.45) is 11.7 Å². The highest BCUT2D eigenvalue weighted by atomic mass is 16.5. The van der Waals surface area contributed by atoms with Crippen LogP contribution in [0, 0.1) is 5.92 Å². The zero-order valence-corrected chi connectivity index (χ0v) is 12.0. The van der Waals surface area contributed by atoms with Gasteiger partial charge in [0, 0.05) is 6.54 Å². The molecule has 1 atom stereocenters. The molecule has 2 N–H and O–H groups in total. The van der Waals surface area contributed by atoms with Gasteiger partial charge in [0.1, 0.15) is 5.75 Å². The van der Waals surface area contributed by atoms with Gasteiger partial charge < -0.3 is 15.0 Å². The third kappa shape index (κ3) is 4.06. The van der Waals surface area contributed by atoms with E-state index in [2.05, 4.69) is 24.0 Å². The second-order valence-corrected chi connectivity index (χ2v) is 5.21. The van der Waals surface area contributed by atoms with E-state index in [1.54, 1.807) is 0 Å². The number of hydrogen-bond donors (Lipinski definition) is 1. The van der Waals surface area contributed by atoms with Gasteiger partial charge >= 0.3 is 0 Å². The summed E-state index contributed by atoms with van der Waals surface area (Å²) in [6.07, 6.45) is 0.942. The Morgan fingerprint density at radius 1 is 1.25 bits per heavy atom. The Bertz CT molecular complexity index is 511. The van der Waals surface area contributed by atoms with Gasteiger partial charge in [-0.1, -0.05) is 37.2 Å². The molecule has 1 unspecified atom stereocenters. The van der Waals surface area contributed by atoms with Crippen LogP contribution in [0.2, 0.25) is 0 Å². The van der Waals surface area contributed by atoms with Crippen molar-refractivity contribution in [3.63, 3.8) is 0 Å². The lowest BCUT2D eigenvalue weighted by Gasteiger charge is -2.11. The quantitative estimate of drug-likeness (QED) is 0.841. The van der Waals surface area contributed by atoms with Crippen LogP contribution >= 0.6 is 0 Å². The molecule has 108 valence electrons. The zero-order chi connectivity index (χ0) is 14.4. The van der Waals surface area contributed by atoms with Crippen LogP contribution < -0.4 is 10.5 Å². The molecule has 0 aliphatic carbocycles. The van der Waals surface area contributed by atoms with Crippen LogP contribution in [-0.4, -0.2) is 16.7 Å². The van der Waals surface area contributed by atoms with E-state index in [1.807, 2.05) is 30.3 Å². The molecule has 0 amide bonds. The van der Waals surface area contributed by atoms with Crippen molar-refractivity contribution in [2.45, 2.75) is 32.8 Å². The lowest BCUT2D eigenvalue weighted by atomic mass is 9.97. The Morgan fingerprint density at radius 3 is 2.65 bits per heavy atom. The fourth-order valence-electron chi connectivity index (χ4n) is 2.02. The van der Waals surface area contributed by atoms with Crippen molar-refractivity contribution in [3.05, 3.63) is 42.0 Å². The maximum absolute atomic E-state index is 5.77. The second-order valence-electron chi connectivity index (χ2n) is 5.21. The molecule has 0 aliphatic rings. The van der Waals surface area contributed by atoms with Gasteiger partial charge in [0.05, 0.1) is 5.92 Å². The summed E-state index contributed by atoms with van der Waals surface area (Å²) in [5.74, 6) is 2.60. The number of hydrogen-bond acceptors (Lipinski definition) is 5.